The van der Waals surface area contributed by atoms with Crippen LogP contribution >= 0.6 is 0 Å². The van der Waals surface area contributed by atoms with Crippen molar-refractivity contribution in [3.05, 3.63) is 72.8 Å². The van der Waals surface area contributed by atoms with E-state index in [0.29, 0.717) is 29.5 Å². The number of benzene rings is 2. The molecule has 1 unspecified atom stereocenters. The van der Waals surface area contributed by atoms with Crippen LogP contribution in [0.3, 0.4) is 0 Å². The highest BCUT2D eigenvalue weighted by atomic mass is 32.2. The normalized spacial score (nSPS) is 12.7. The molecule has 0 saturated carbocycles. The maximum absolute atomic E-state index is 12.9. The standard InChI is InChI=1S/C20H23N5O2S/c1-2-27-14-16(21)13-25(22)17-6-4-7-18(11-17)28(26)24-20-8-3-5-15-12-23-10-9-19(15)20/h3-13,24H,2,14,21-22H2,1H3/b16-13-. The number of nitrogens with two attached hydrogens (primary N) is 2. The first-order chi connectivity index (χ1) is 13.6. The minimum Gasteiger partial charge on any atom is -0.399 e. The van der Waals surface area contributed by atoms with Gasteiger partial charge < -0.3 is 15.2 Å². The lowest BCUT2D eigenvalue weighted by molar-refractivity contribution is 0.170. The van der Waals surface area contributed by atoms with Crippen LogP contribution in [0, 0.1) is 0 Å². The van der Waals surface area contributed by atoms with Crippen LogP contribution in [0.15, 0.2) is 77.7 Å². The molecule has 0 aliphatic carbocycles. The van der Waals surface area contributed by atoms with E-state index in [9.17, 15) is 4.21 Å². The first-order valence-corrected chi connectivity index (χ1v) is 9.92. The number of anilines is 2. The summed E-state index contributed by atoms with van der Waals surface area (Å²) < 4.78 is 21.2. The van der Waals surface area contributed by atoms with E-state index < -0.39 is 11.0 Å². The lowest BCUT2D eigenvalue weighted by Gasteiger charge is -2.16. The van der Waals surface area contributed by atoms with E-state index in [4.69, 9.17) is 16.3 Å². The van der Waals surface area contributed by atoms with E-state index in [-0.39, 0.29) is 0 Å². The predicted molar refractivity (Wildman–Crippen MR) is 114 cm³/mol. The quantitative estimate of drug-likeness (QED) is 0.399. The van der Waals surface area contributed by atoms with Gasteiger partial charge in [0.15, 0.2) is 0 Å². The summed E-state index contributed by atoms with van der Waals surface area (Å²) in [6.07, 6.45) is 5.07. The Morgan fingerprint density at radius 1 is 1.29 bits per heavy atom. The van der Waals surface area contributed by atoms with Gasteiger partial charge in [-0.05, 0) is 37.3 Å². The highest BCUT2D eigenvalue weighted by Gasteiger charge is 2.09. The van der Waals surface area contributed by atoms with Crippen molar-refractivity contribution in [2.45, 2.75) is 11.8 Å². The fourth-order valence-electron chi connectivity index (χ4n) is 2.64. The van der Waals surface area contributed by atoms with Gasteiger partial charge in [0.25, 0.3) is 0 Å². The number of aromatic nitrogens is 1. The number of hydrogen-bond acceptors (Lipinski definition) is 6. The average Bonchev–Trinajstić information content (AvgIpc) is 2.72. The van der Waals surface area contributed by atoms with Crippen molar-refractivity contribution < 1.29 is 8.95 Å². The van der Waals surface area contributed by atoms with Gasteiger partial charge >= 0.3 is 0 Å². The largest absolute Gasteiger partial charge is 0.399 e. The van der Waals surface area contributed by atoms with Crippen LogP contribution in [0.4, 0.5) is 11.4 Å². The van der Waals surface area contributed by atoms with Crippen molar-refractivity contribution in [3.8, 4) is 0 Å². The average molecular weight is 398 g/mol. The predicted octanol–water partition coefficient (Wildman–Crippen LogP) is 2.89. The van der Waals surface area contributed by atoms with Gasteiger partial charge in [0.2, 0.25) is 0 Å². The Hall–Kier alpha value is -2.94. The molecule has 28 heavy (non-hydrogen) atoms. The third-order valence-corrected chi connectivity index (χ3v) is 5.08. The molecule has 1 atom stereocenters. The first kappa shape index (κ1) is 19.8. The zero-order valence-electron chi connectivity index (χ0n) is 15.5. The summed E-state index contributed by atoms with van der Waals surface area (Å²) >= 11 is 0. The van der Waals surface area contributed by atoms with Crippen LogP contribution in [0.1, 0.15) is 6.92 Å². The molecular weight excluding hydrogens is 374 g/mol. The second-order valence-corrected chi connectivity index (χ2v) is 7.23. The molecule has 0 aliphatic heterocycles. The molecule has 3 rings (SSSR count). The van der Waals surface area contributed by atoms with Crippen molar-refractivity contribution in [2.24, 2.45) is 11.6 Å². The van der Waals surface area contributed by atoms with Crippen LogP contribution in [0.2, 0.25) is 0 Å². The fourth-order valence-corrected chi connectivity index (χ4v) is 3.57. The van der Waals surface area contributed by atoms with E-state index in [0.717, 1.165) is 16.5 Å². The van der Waals surface area contributed by atoms with E-state index in [1.807, 2.05) is 37.3 Å². The number of rotatable bonds is 8. The second-order valence-electron chi connectivity index (χ2n) is 6.02. The Balaban J connectivity index is 1.78. The molecular formula is C20H23N5O2S. The third kappa shape index (κ3) is 4.86. The molecule has 0 amide bonds. The van der Waals surface area contributed by atoms with Crippen LogP contribution < -0.4 is 21.3 Å². The lowest BCUT2D eigenvalue weighted by Crippen LogP contribution is -2.27. The molecule has 1 heterocycles. The molecule has 0 bridgehead atoms. The molecule has 146 valence electrons. The van der Waals surface area contributed by atoms with E-state index in [2.05, 4.69) is 9.71 Å². The van der Waals surface area contributed by atoms with Gasteiger partial charge in [-0.15, -0.1) is 0 Å². The van der Waals surface area contributed by atoms with Crippen LogP contribution in [0.25, 0.3) is 10.8 Å². The molecule has 1 aromatic heterocycles. The summed E-state index contributed by atoms with van der Waals surface area (Å²) in [5, 5.41) is 3.31. The summed E-state index contributed by atoms with van der Waals surface area (Å²) in [6.45, 7) is 2.77. The molecule has 0 spiro atoms. The van der Waals surface area contributed by atoms with Crippen molar-refractivity contribution in [3.63, 3.8) is 0 Å². The Kier molecular flexibility index (Phi) is 6.59. The summed E-state index contributed by atoms with van der Waals surface area (Å²) in [5.74, 6) is 6.06. The molecule has 0 aliphatic rings. The minimum atomic E-state index is -1.46. The van der Waals surface area contributed by atoms with Crippen LogP contribution in [0.5, 0.6) is 0 Å². The van der Waals surface area contributed by atoms with Gasteiger partial charge in [-0.25, -0.2) is 10.1 Å². The van der Waals surface area contributed by atoms with Crippen LogP contribution in [-0.4, -0.2) is 22.4 Å². The Bertz CT molecular complexity index is 1000. The zero-order valence-corrected chi connectivity index (χ0v) is 16.4. The van der Waals surface area contributed by atoms with Crippen LogP contribution in [-0.2, 0) is 15.7 Å². The van der Waals surface area contributed by atoms with Gasteiger partial charge in [-0.3, -0.25) is 9.99 Å². The van der Waals surface area contributed by atoms with Gasteiger partial charge in [0.05, 0.1) is 28.6 Å². The summed E-state index contributed by atoms with van der Waals surface area (Å²) in [5.41, 5.74) is 7.82. The maximum atomic E-state index is 12.9. The summed E-state index contributed by atoms with van der Waals surface area (Å²) in [4.78, 5) is 4.71. The summed E-state index contributed by atoms with van der Waals surface area (Å²) in [7, 11) is -1.46. The fraction of sp³-hybridized carbons (Fsp3) is 0.150. The topological polar surface area (TPSA) is 107 Å². The number of nitrogens with one attached hydrogen (secondary N) is 1. The molecule has 5 N–H and O–H groups in total. The molecule has 0 fully saturated rings. The molecule has 8 heteroatoms. The monoisotopic (exact) mass is 397 g/mol. The number of fused-ring (bicyclic) bond motifs is 1. The van der Waals surface area contributed by atoms with Gasteiger partial charge in [0.1, 0.15) is 11.0 Å². The van der Waals surface area contributed by atoms with Crippen molar-refractivity contribution in [1.82, 2.24) is 4.98 Å². The SMILES string of the molecule is CCOC/C(N)=C/N(N)c1cccc(S(=O)Nc2cccc3cnccc23)c1. The Labute approximate surface area is 166 Å². The maximum Gasteiger partial charge on any atom is 0.150 e. The number of hydrogen-bond donors (Lipinski definition) is 3. The molecule has 0 radical (unpaired) electrons. The number of nitrogens with zero attached hydrogens (tertiary/aromatic N) is 2. The van der Waals surface area contributed by atoms with Gasteiger partial charge in [0, 0.05) is 36.0 Å². The zero-order chi connectivity index (χ0) is 19.9. The number of pyridine rings is 1. The van der Waals surface area contributed by atoms with Crippen molar-refractivity contribution in [1.29, 1.82) is 0 Å². The molecule has 7 nitrogen and oxygen atoms in total. The second kappa shape index (κ2) is 9.32. The van der Waals surface area contributed by atoms with Gasteiger partial charge in [-0.2, -0.15) is 0 Å². The highest BCUT2D eigenvalue weighted by Crippen LogP contribution is 2.24. The summed E-state index contributed by atoms with van der Waals surface area (Å²) in [6, 6.07) is 14.8. The smallest absolute Gasteiger partial charge is 0.150 e. The third-order valence-electron chi connectivity index (χ3n) is 3.99. The lowest BCUT2D eigenvalue weighted by atomic mass is 10.1. The molecule has 3 aromatic rings. The van der Waals surface area contributed by atoms with Crippen molar-refractivity contribution >= 4 is 33.1 Å². The number of hydrazine groups is 1. The van der Waals surface area contributed by atoms with E-state index in [1.54, 1.807) is 36.8 Å². The molecule has 0 saturated heterocycles. The van der Waals surface area contributed by atoms with E-state index in [1.165, 1.54) is 5.01 Å². The minimum absolute atomic E-state index is 0.299. The first-order valence-electron chi connectivity index (χ1n) is 8.77. The Morgan fingerprint density at radius 2 is 2.11 bits per heavy atom. The number of ether oxygens (including phenoxy) is 1. The van der Waals surface area contributed by atoms with E-state index >= 15 is 0 Å². The van der Waals surface area contributed by atoms with Gasteiger partial charge in [-0.1, -0.05) is 18.2 Å². The van der Waals surface area contributed by atoms with Crippen molar-refractivity contribution in [2.75, 3.05) is 22.9 Å². The Morgan fingerprint density at radius 3 is 2.93 bits per heavy atom. The highest BCUT2D eigenvalue weighted by molar-refractivity contribution is 7.86. The molecule has 2 aromatic carbocycles.